The predicted molar refractivity (Wildman–Crippen MR) is 82.5 cm³/mol. The molecule has 0 aromatic heterocycles. The number of amides is 1. The molecule has 0 bridgehead atoms. The van der Waals surface area contributed by atoms with Crippen LogP contribution in [0.1, 0.15) is 34.5 Å². The van der Waals surface area contributed by atoms with Crippen LogP contribution in [0.5, 0.6) is 5.75 Å². The zero-order valence-corrected chi connectivity index (χ0v) is 12.3. The molecule has 1 aliphatic carbocycles. The maximum atomic E-state index is 12.5. The molecule has 3 nitrogen and oxygen atoms in total. The third-order valence-corrected chi connectivity index (χ3v) is 4.14. The largest absolute Gasteiger partial charge is 0.496 e. The molecule has 108 valence electrons. The highest BCUT2D eigenvalue weighted by Gasteiger charge is 2.30. The van der Waals surface area contributed by atoms with Gasteiger partial charge in [-0.1, -0.05) is 43.3 Å². The molecule has 2 aromatic carbocycles. The molecule has 0 saturated heterocycles. The normalized spacial score (nSPS) is 19.9. The lowest BCUT2D eigenvalue weighted by Gasteiger charge is -2.19. The summed E-state index contributed by atoms with van der Waals surface area (Å²) in [5.74, 6) is 0.927. The number of ether oxygens (including phenoxy) is 1. The summed E-state index contributed by atoms with van der Waals surface area (Å²) in [4.78, 5) is 12.5. The van der Waals surface area contributed by atoms with E-state index in [0.29, 0.717) is 17.2 Å². The molecule has 0 saturated carbocycles. The van der Waals surface area contributed by atoms with Gasteiger partial charge in [-0.25, -0.2) is 0 Å². The van der Waals surface area contributed by atoms with Crippen LogP contribution in [0.3, 0.4) is 0 Å². The number of hydrogen-bond acceptors (Lipinski definition) is 2. The van der Waals surface area contributed by atoms with E-state index in [1.165, 1.54) is 11.1 Å². The molecule has 1 aliphatic rings. The van der Waals surface area contributed by atoms with Crippen molar-refractivity contribution in [2.75, 3.05) is 7.11 Å². The number of para-hydroxylation sites is 1. The Morgan fingerprint density at radius 2 is 1.86 bits per heavy atom. The molecule has 1 amide bonds. The van der Waals surface area contributed by atoms with E-state index in [0.717, 1.165) is 6.42 Å². The molecule has 2 aromatic rings. The van der Waals surface area contributed by atoms with E-state index >= 15 is 0 Å². The summed E-state index contributed by atoms with van der Waals surface area (Å²) in [6.07, 6.45) is 1.01. The molecular formula is C18H19NO2. The van der Waals surface area contributed by atoms with E-state index in [9.17, 15) is 4.79 Å². The number of fused-ring (bicyclic) bond motifs is 1. The Labute approximate surface area is 124 Å². The van der Waals surface area contributed by atoms with Crippen LogP contribution < -0.4 is 10.1 Å². The van der Waals surface area contributed by atoms with Crippen LogP contribution in [0.2, 0.25) is 0 Å². The van der Waals surface area contributed by atoms with Gasteiger partial charge in [0.2, 0.25) is 0 Å². The minimum atomic E-state index is -0.0824. The maximum absolute atomic E-state index is 12.5. The van der Waals surface area contributed by atoms with Crippen molar-refractivity contribution in [1.29, 1.82) is 0 Å². The molecule has 2 atom stereocenters. The van der Waals surface area contributed by atoms with Crippen molar-refractivity contribution < 1.29 is 9.53 Å². The fraction of sp³-hybridized carbons (Fsp3) is 0.278. The number of benzene rings is 2. The van der Waals surface area contributed by atoms with Gasteiger partial charge in [0.25, 0.3) is 5.91 Å². The van der Waals surface area contributed by atoms with E-state index < -0.39 is 0 Å². The van der Waals surface area contributed by atoms with E-state index in [2.05, 4.69) is 30.4 Å². The fourth-order valence-electron chi connectivity index (χ4n) is 3.07. The molecular weight excluding hydrogens is 262 g/mol. The van der Waals surface area contributed by atoms with E-state index in [1.54, 1.807) is 19.2 Å². The Balaban J connectivity index is 1.85. The van der Waals surface area contributed by atoms with Gasteiger partial charge in [0, 0.05) is 0 Å². The zero-order valence-electron chi connectivity index (χ0n) is 12.3. The second-order valence-corrected chi connectivity index (χ2v) is 5.53. The molecule has 0 radical (unpaired) electrons. The lowest BCUT2D eigenvalue weighted by Crippen LogP contribution is -2.30. The summed E-state index contributed by atoms with van der Waals surface area (Å²) in [5, 5.41) is 3.16. The number of rotatable bonds is 3. The van der Waals surface area contributed by atoms with Gasteiger partial charge >= 0.3 is 0 Å². The maximum Gasteiger partial charge on any atom is 0.255 e. The van der Waals surface area contributed by atoms with Crippen LogP contribution in [-0.2, 0) is 6.42 Å². The number of methoxy groups -OCH3 is 1. The van der Waals surface area contributed by atoms with E-state index in [4.69, 9.17) is 4.74 Å². The smallest absolute Gasteiger partial charge is 0.255 e. The number of carbonyl (C=O) groups excluding carboxylic acids is 1. The minimum absolute atomic E-state index is 0.0682. The van der Waals surface area contributed by atoms with Crippen molar-refractivity contribution in [3.8, 4) is 5.75 Å². The van der Waals surface area contributed by atoms with Gasteiger partial charge in [-0.3, -0.25) is 4.79 Å². The Bertz CT molecular complexity index is 666. The van der Waals surface area contributed by atoms with Crippen LogP contribution >= 0.6 is 0 Å². The Kier molecular flexibility index (Phi) is 3.65. The average molecular weight is 281 g/mol. The van der Waals surface area contributed by atoms with Crippen LogP contribution in [0.25, 0.3) is 0 Å². The van der Waals surface area contributed by atoms with Gasteiger partial charge in [-0.05, 0) is 35.6 Å². The van der Waals surface area contributed by atoms with Crippen LogP contribution in [0.4, 0.5) is 0 Å². The first-order valence-electron chi connectivity index (χ1n) is 7.22. The van der Waals surface area contributed by atoms with Crippen LogP contribution in [0, 0.1) is 5.92 Å². The second-order valence-electron chi connectivity index (χ2n) is 5.53. The Morgan fingerprint density at radius 1 is 1.14 bits per heavy atom. The van der Waals surface area contributed by atoms with Gasteiger partial charge in [0.1, 0.15) is 5.75 Å². The monoisotopic (exact) mass is 281 g/mol. The molecule has 3 heteroatoms. The topological polar surface area (TPSA) is 38.3 Å². The Morgan fingerprint density at radius 3 is 2.67 bits per heavy atom. The lowest BCUT2D eigenvalue weighted by atomic mass is 10.0. The van der Waals surface area contributed by atoms with Crippen molar-refractivity contribution in [2.45, 2.75) is 19.4 Å². The third kappa shape index (κ3) is 2.51. The first-order valence-corrected chi connectivity index (χ1v) is 7.22. The summed E-state index contributed by atoms with van der Waals surface area (Å²) >= 11 is 0. The lowest BCUT2D eigenvalue weighted by molar-refractivity contribution is 0.0924. The van der Waals surface area contributed by atoms with Gasteiger partial charge in [-0.2, -0.15) is 0 Å². The first kappa shape index (κ1) is 13.7. The summed E-state index contributed by atoms with van der Waals surface area (Å²) in [7, 11) is 1.58. The van der Waals surface area contributed by atoms with Crippen molar-refractivity contribution in [3.05, 3.63) is 65.2 Å². The molecule has 21 heavy (non-hydrogen) atoms. The summed E-state index contributed by atoms with van der Waals surface area (Å²) in [5.41, 5.74) is 3.14. The highest BCUT2D eigenvalue weighted by molar-refractivity contribution is 5.97. The van der Waals surface area contributed by atoms with Crippen molar-refractivity contribution in [2.24, 2.45) is 5.92 Å². The quantitative estimate of drug-likeness (QED) is 0.937. The van der Waals surface area contributed by atoms with Crippen molar-refractivity contribution >= 4 is 5.91 Å². The zero-order chi connectivity index (χ0) is 14.8. The molecule has 0 spiro atoms. The molecule has 0 fully saturated rings. The summed E-state index contributed by atoms with van der Waals surface area (Å²) in [6.45, 7) is 2.17. The van der Waals surface area contributed by atoms with E-state index in [-0.39, 0.29) is 11.9 Å². The van der Waals surface area contributed by atoms with Crippen LogP contribution in [0.15, 0.2) is 48.5 Å². The summed E-state index contributed by atoms with van der Waals surface area (Å²) < 4.78 is 5.27. The van der Waals surface area contributed by atoms with Crippen LogP contribution in [-0.4, -0.2) is 13.0 Å². The highest BCUT2D eigenvalue weighted by Crippen LogP contribution is 2.36. The fourth-order valence-corrected chi connectivity index (χ4v) is 3.07. The standard InChI is InChI=1S/C18H19NO2/c1-12-11-13-7-3-4-8-14(13)17(12)19-18(20)15-9-5-6-10-16(15)21-2/h3-10,12,17H,11H2,1-2H3,(H,19,20). The number of carbonyl (C=O) groups is 1. The second kappa shape index (κ2) is 5.60. The van der Waals surface area contributed by atoms with E-state index in [1.807, 2.05) is 18.2 Å². The average Bonchev–Trinajstić information content (AvgIpc) is 2.83. The Hall–Kier alpha value is -2.29. The minimum Gasteiger partial charge on any atom is -0.496 e. The number of nitrogens with one attached hydrogen (secondary N) is 1. The molecule has 1 N–H and O–H groups in total. The molecule has 0 heterocycles. The third-order valence-electron chi connectivity index (χ3n) is 4.14. The van der Waals surface area contributed by atoms with Gasteiger partial charge in [-0.15, -0.1) is 0 Å². The highest BCUT2D eigenvalue weighted by atomic mass is 16.5. The summed E-state index contributed by atoms with van der Waals surface area (Å²) in [6, 6.07) is 15.7. The molecule has 3 rings (SSSR count). The van der Waals surface area contributed by atoms with Gasteiger partial charge < -0.3 is 10.1 Å². The number of hydrogen-bond donors (Lipinski definition) is 1. The predicted octanol–water partition coefficient (Wildman–Crippen LogP) is 3.36. The van der Waals surface area contributed by atoms with Crippen molar-refractivity contribution in [1.82, 2.24) is 5.32 Å². The van der Waals surface area contributed by atoms with Gasteiger partial charge in [0.05, 0.1) is 18.7 Å². The molecule has 2 unspecified atom stereocenters. The SMILES string of the molecule is COc1ccccc1C(=O)NC1c2ccccc2CC1C. The molecule has 0 aliphatic heterocycles. The van der Waals surface area contributed by atoms with Crippen molar-refractivity contribution in [3.63, 3.8) is 0 Å². The first-order chi connectivity index (χ1) is 10.2. The van der Waals surface area contributed by atoms with Gasteiger partial charge in [0.15, 0.2) is 0 Å².